The number of carbonyl (C=O) groups is 2. The van der Waals surface area contributed by atoms with Crippen molar-refractivity contribution in [2.45, 2.75) is 32.4 Å². The summed E-state index contributed by atoms with van der Waals surface area (Å²) >= 11 is 7.08. The Bertz CT molecular complexity index is 786. The molecule has 2 aromatic rings. The summed E-state index contributed by atoms with van der Waals surface area (Å²) < 4.78 is 5.65. The first-order valence-electron chi connectivity index (χ1n) is 7.81. The van der Waals surface area contributed by atoms with Gasteiger partial charge in [0.15, 0.2) is 0 Å². The van der Waals surface area contributed by atoms with E-state index in [-0.39, 0.29) is 25.1 Å². The third kappa shape index (κ3) is 4.49. The first-order chi connectivity index (χ1) is 11.9. The topological polar surface area (TPSA) is 79.7 Å². The molecule has 1 aromatic heterocycles. The fourth-order valence-electron chi connectivity index (χ4n) is 2.42. The number of carboxylic acids is 1. The van der Waals surface area contributed by atoms with Crippen LogP contribution in [0, 0.1) is 6.92 Å². The van der Waals surface area contributed by atoms with Crippen molar-refractivity contribution < 1.29 is 19.4 Å². The molecule has 132 valence electrons. The Morgan fingerprint density at radius 3 is 2.64 bits per heavy atom. The van der Waals surface area contributed by atoms with Gasteiger partial charge in [-0.3, -0.25) is 9.59 Å². The second kappa shape index (κ2) is 7.41. The Morgan fingerprint density at radius 2 is 2.04 bits per heavy atom. The van der Waals surface area contributed by atoms with Crippen LogP contribution >= 0.6 is 22.9 Å². The zero-order valence-corrected chi connectivity index (χ0v) is 15.1. The summed E-state index contributed by atoms with van der Waals surface area (Å²) in [6.07, 6.45) is 1.70. The van der Waals surface area contributed by atoms with Gasteiger partial charge >= 0.3 is 5.97 Å². The molecule has 1 fully saturated rings. The van der Waals surface area contributed by atoms with Gasteiger partial charge < -0.3 is 14.7 Å². The van der Waals surface area contributed by atoms with E-state index in [1.165, 1.54) is 16.2 Å². The smallest absolute Gasteiger partial charge is 0.323 e. The van der Waals surface area contributed by atoms with Crippen LogP contribution in [0.25, 0.3) is 0 Å². The summed E-state index contributed by atoms with van der Waals surface area (Å²) in [6, 6.07) is 7.02. The lowest BCUT2D eigenvalue weighted by Gasteiger charge is -2.19. The predicted octanol–water partition coefficient (Wildman–Crippen LogP) is 3.37. The number of carbonyl (C=O) groups excluding carboxylic acids is 1. The van der Waals surface area contributed by atoms with E-state index in [0.717, 1.165) is 12.8 Å². The zero-order chi connectivity index (χ0) is 18.0. The van der Waals surface area contributed by atoms with Gasteiger partial charge in [0.25, 0.3) is 5.91 Å². The molecule has 1 aliphatic carbocycles. The van der Waals surface area contributed by atoms with Crippen molar-refractivity contribution in [1.82, 2.24) is 9.88 Å². The summed E-state index contributed by atoms with van der Waals surface area (Å²) in [5.41, 5.74) is 0.598. The minimum Gasteiger partial charge on any atom is -0.486 e. The van der Waals surface area contributed by atoms with Crippen molar-refractivity contribution in [2.75, 3.05) is 6.54 Å². The molecular weight excluding hydrogens is 364 g/mol. The lowest BCUT2D eigenvalue weighted by molar-refractivity contribution is -0.137. The van der Waals surface area contributed by atoms with E-state index in [9.17, 15) is 9.59 Å². The van der Waals surface area contributed by atoms with Gasteiger partial charge in [0.05, 0.1) is 5.69 Å². The lowest BCUT2D eigenvalue weighted by atomic mass is 10.3. The average Bonchev–Trinajstić information content (AvgIpc) is 3.34. The molecule has 8 heteroatoms. The molecular formula is C17H17ClN2O4S. The molecule has 0 aliphatic heterocycles. The first-order valence-corrected chi connectivity index (χ1v) is 9.01. The number of halogens is 1. The van der Waals surface area contributed by atoms with Crippen LogP contribution in [0.2, 0.25) is 5.02 Å². The van der Waals surface area contributed by atoms with Crippen LogP contribution < -0.4 is 4.74 Å². The number of ether oxygens (including phenoxy) is 1. The van der Waals surface area contributed by atoms with Crippen LogP contribution in [0.15, 0.2) is 24.3 Å². The molecule has 0 atom stereocenters. The van der Waals surface area contributed by atoms with Crippen LogP contribution in [0.5, 0.6) is 5.75 Å². The van der Waals surface area contributed by atoms with Gasteiger partial charge in [-0.25, -0.2) is 4.98 Å². The van der Waals surface area contributed by atoms with E-state index in [0.29, 0.717) is 26.4 Å². The molecule has 1 heterocycles. The Balaban J connectivity index is 1.69. The van der Waals surface area contributed by atoms with Gasteiger partial charge in [0, 0.05) is 11.1 Å². The molecule has 1 saturated carbocycles. The van der Waals surface area contributed by atoms with Gasteiger partial charge in [-0.1, -0.05) is 11.6 Å². The minimum absolute atomic E-state index is 0.0267. The molecule has 1 N–H and O–H groups in total. The maximum absolute atomic E-state index is 12.7. The van der Waals surface area contributed by atoms with E-state index in [1.807, 2.05) is 0 Å². The summed E-state index contributed by atoms with van der Waals surface area (Å²) in [5, 5.41) is 10.3. The number of benzene rings is 1. The number of aromatic nitrogens is 1. The van der Waals surface area contributed by atoms with Crippen molar-refractivity contribution >= 4 is 34.8 Å². The highest BCUT2D eigenvalue weighted by Crippen LogP contribution is 2.30. The normalized spacial score (nSPS) is 13.5. The van der Waals surface area contributed by atoms with Gasteiger partial charge in [0.1, 0.15) is 28.8 Å². The molecule has 1 aliphatic rings. The third-order valence-electron chi connectivity index (χ3n) is 3.77. The van der Waals surface area contributed by atoms with Crippen molar-refractivity contribution in [3.8, 4) is 5.75 Å². The number of rotatable bonds is 7. The summed E-state index contributed by atoms with van der Waals surface area (Å²) in [5.74, 6) is -0.609. The number of aliphatic carboxylic acids is 1. The van der Waals surface area contributed by atoms with Crippen molar-refractivity contribution in [3.05, 3.63) is 44.9 Å². The molecule has 25 heavy (non-hydrogen) atoms. The fourth-order valence-corrected chi connectivity index (χ4v) is 3.48. The second-order valence-corrected chi connectivity index (χ2v) is 7.34. The van der Waals surface area contributed by atoms with Crippen LogP contribution in [-0.2, 0) is 11.4 Å². The fraction of sp³-hybridized carbons (Fsp3) is 0.353. The maximum atomic E-state index is 12.7. The second-order valence-electron chi connectivity index (χ2n) is 5.82. The quantitative estimate of drug-likeness (QED) is 0.796. The standard InChI is InChI=1S/C17H17ClN2O4S/c1-10-16(17(23)20(8-15(21)22)12-4-5-12)25-14(19-10)9-24-13-6-2-11(18)3-7-13/h2-3,6-7,12H,4-5,8-9H2,1H3,(H,21,22). The molecule has 0 saturated heterocycles. The average molecular weight is 381 g/mol. The highest BCUT2D eigenvalue weighted by atomic mass is 35.5. The Morgan fingerprint density at radius 1 is 1.36 bits per heavy atom. The third-order valence-corrected chi connectivity index (χ3v) is 5.14. The zero-order valence-electron chi connectivity index (χ0n) is 13.6. The summed E-state index contributed by atoms with van der Waals surface area (Å²) in [7, 11) is 0. The van der Waals surface area contributed by atoms with Crippen LogP contribution in [0.4, 0.5) is 0 Å². The molecule has 0 spiro atoms. The molecule has 0 bridgehead atoms. The maximum Gasteiger partial charge on any atom is 0.323 e. The predicted molar refractivity (Wildman–Crippen MR) is 94.3 cm³/mol. The molecule has 0 unspecified atom stereocenters. The molecule has 6 nitrogen and oxygen atoms in total. The number of hydrogen-bond donors (Lipinski definition) is 1. The highest BCUT2D eigenvalue weighted by Gasteiger charge is 2.35. The Labute approximate surface area is 154 Å². The summed E-state index contributed by atoms with van der Waals surface area (Å²) in [4.78, 5) is 30.0. The lowest BCUT2D eigenvalue weighted by Crippen LogP contribution is -2.37. The first kappa shape index (κ1) is 17.7. The molecule has 0 radical (unpaired) electrons. The summed E-state index contributed by atoms with van der Waals surface area (Å²) in [6.45, 7) is 1.71. The van der Waals surface area contributed by atoms with E-state index in [1.54, 1.807) is 31.2 Å². The van der Waals surface area contributed by atoms with E-state index < -0.39 is 5.97 Å². The van der Waals surface area contributed by atoms with Crippen LogP contribution in [0.3, 0.4) is 0 Å². The van der Waals surface area contributed by atoms with Crippen molar-refractivity contribution in [1.29, 1.82) is 0 Å². The van der Waals surface area contributed by atoms with E-state index in [4.69, 9.17) is 21.4 Å². The monoisotopic (exact) mass is 380 g/mol. The van der Waals surface area contributed by atoms with Gasteiger partial charge in [-0.2, -0.15) is 0 Å². The molecule has 3 rings (SSSR count). The number of hydrogen-bond acceptors (Lipinski definition) is 5. The minimum atomic E-state index is -1.01. The number of thiazole rings is 1. The highest BCUT2D eigenvalue weighted by molar-refractivity contribution is 7.13. The number of carboxylic acid groups (broad SMARTS) is 1. The van der Waals surface area contributed by atoms with Gasteiger partial charge in [-0.15, -0.1) is 11.3 Å². The van der Waals surface area contributed by atoms with Crippen LogP contribution in [-0.4, -0.2) is 39.5 Å². The molecule has 1 aromatic carbocycles. The van der Waals surface area contributed by atoms with Crippen molar-refractivity contribution in [3.63, 3.8) is 0 Å². The molecule has 1 amide bonds. The van der Waals surface area contributed by atoms with Crippen LogP contribution in [0.1, 0.15) is 33.2 Å². The number of nitrogens with zero attached hydrogens (tertiary/aromatic N) is 2. The number of amides is 1. The van der Waals surface area contributed by atoms with Crippen molar-refractivity contribution in [2.24, 2.45) is 0 Å². The largest absolute Gasteiger partial charge is 0.486 e. The SMILES string of the molecule is Cc1nc(COc2ccc(Cl)cc2)sc1C(=O)N(CC(=O)O)C1CC1. The van der Waals surface area contributed by atoms with Gasteiger partial charge in [-0.05, 0) is 44.0 Å². The Kier molecular flexibility index (Phi) is 5.24. The van der Waals surface area contributed by atoms with Gasteiger partial charge in [0.2, 0.25) is 0 Å². The Hall–Kier alpha value is -2.12. The van der Waals surface area contributed by atoms with E-state index >= 15 is 0 Å². The van der Waals surface area contributed by atoms with E-state index in [2.05, 4.69) is 4.98 Å². The number of aryl methyl sites for hydroxylation is 1.